The number of ether oxygens (including phenoxy) is 10. The lowest BCUT2D eigenvalue weighted by atomic mass is 9.71. The SMILES string of the molecule is CO[C@H]1C[C@H](O[C@H]2[C@H](C)O[C@@H](O[C@@H]3/C(C)=C/C[C@@H]4C[C@@H](C[C@]5(C=C[C@H](C)[C@@H](C(C)C)O5)O4)OC(=O)[C@@H]4C=C(C)[C@@H](O)[C@H]5OC/C(=C\C=C\[C@@H]3C)[C@]54O)C[C@@H]2OC)O[C@@H](C)[C@@H]1NO. The Labute approximate surface area is 366 Å². The molecular formula is C47H71NO14. The number of hydroxylamine groups is 1. The van der Waals surface area contributed by atoms with Crippen molar-refractivity contribution in [3.63, 3.8) is 0 Å². The molecule has 0 aromatic carbocycles. The van der Waals surface area contributed by atoms with E-state index < -0.39 is 78.5 Å². The van der Waals surface area contributed by atoms with Crippen LogP contribution in [0.3, 0.4) is 0 Å². The Balaban J connectivity index is 1.17. The standard InChI is InChI=1S/C47H71NO14/c1-24(2)41-27(5)16-17-46(62-41)22-33-19-32(61-46)15-14-26(4)42(25(3)12-11-13-31-23-55-44-40(49)28(6)18-34(45(50)58-33)47(31,44)51)59-38-21-36(54-10)43(30(8)57-38)60-37-20-35(53-9)39(48-52)29(7)56-37/h11-14,16-18,24-25,27,29-30,32-44,48-49,51-52H,15,19-23H2,1-10H3/b12-11+,26-14+,31-13+/t25-,27-,29-,30-,32+,33-,34-,35-,36-,37-,38-,39-,40+,41+,42-,43-,44+,46+,47+/m0/s1. The monoisotopic (exact) mass is 873 g/mol. The summed E-state index contributed by atoms with van der Waals surface area (Å²) in [7, 11) is 3.25. The number of methoxy groups -OCH3 is 2. The highest BCUT2D eigenvalue weighted by molar-refractivity contribution is 5.78. The molecular weight excluding hydrogens is 803 g/mol. The fraction of sp³-hybridized carbons (Fsp3) is 0.766. The quantitative estimate of drug-likeness (QED) is 0.146. The van der Waals surface area contributed by atoms with Gasteiger partial charge < -0.3 is 62.8 Å². The van der Waals surface area contributed by atoms with Gasteiger partial charge in [0.2, 0.25) is 0 Å². The third kappa shape index (κ3) is 9.62. The van der Waals surface area contributed by atoms with Gasteiger partial charge in [-0.05, 0) is 62.8 Å². The zero-order valence-electron chi connectivity index (χ0n) is 38.0. The molecule has 0 aromatic rings. The Morgan fingerprint density at radius 2 is 1.60 bits per heavy atom. The second-order valence-corrected chi connectivity index (χ2v) is 19.0. The largest absolute Gasteiger partial charge is 0.462 e. The zero-order valence-corrected chi connectivity index (χ0v) is 38.0. The van der Waals surface area contributed by atoms with Gasteiger partial charge in [-0.25, -0.2) is 0 Å². The molecule has 6 aliphatic heterocycles. The van der Waals surface area contributed by atoms with Crippen molar-refractivity contribution in [3.8, 4) is 0 Å². The van der Waals surface area contributed by atoms with Crippen LogP contribution in [0.5, 0.6) is 0 Å². The van der Waals surface area contributed by atoms with Crippen molar-refractivity contribution >= 4 is 5.97 Å². The van der Waals surface area contributed by atoms with Crippen molar-refractivity contribution in [2.75, 3.05) is 20.8 Å². The van der Waals surface area contributed by atoms with Crippen molar-refractivity contribution in [2.45, 2.75) is 185 Å². The fourth-order valence-electron chi connectivity index (χ4n) is 10.6. The summed E-state index contributed by atoms with van der Waals surface area (Å²) in [6.45, 7) is 16.0. The van der Waals surface area contributed by atoms with Gasteiger partial charge in [-0.2, -0.15) is 5.48 Å². The highest BCUT2D eigenvalue weighted by atomic mass is 16.7. The van der Waals surface area contributed by atoms with E-state index in [0.717, 1.165) is 5.57 Å². The molecule has 0 unspecified atom stereocenters. The normalized spacial score (nSPS) is 48.7. The first-order valence-electron chi connectivity index (χ1n) is 22.6. The Kier molecular flexibility index (Phi) is 15.1. The molecule has 19 atom stereocenters. The predicted octanol–water partition coefficient (Wildman–Crippen LogP) is 4.97. The summed E-state index contributed by atoms with van der Waals surface area (Å²) >= 11 is 0. The molecule has 4 saturated heterocycles. The number of hydrogen-bond donors (Lipinski definition) is 4. The summed E-state index contributed by atoms with van der Waals surface area (Å²) < 4.78 is 63.8. The molecule has 0 aromatic heterocycles. The van der Waals surface area contributed by atoms with Crippen LogP contribution in [0.25, 0.3) is 0 Å². The molecule has 0 radical (unpaired) electrons. The molecule has 1 aliphatic carbocycles. The van der Waals surface area contributed by atoms with E-state index >= 15 is 0 Å². The number of esters is 1. The van der Waals surface area contributed by atoms with Crippen molar-refractivity contribution < 1.29 is 67.6 Å². The van der Waals surface area contributed by atoms with Crippen LogP contribution < -0.4 is 5.48 Å². The number of aliphatic hydroxyl groups is 2. The average molecular weight is 874 g/mol. The molecule has 4 N–H and O–H groups in total. The summed E-state index contributed by atoms with van der Waals surface area (Å²) in [4.78, 5) is 14.3. The van der Waals surface area contributed by atoms with Crippen molar-refractivity contribution in [3.05, 3.63) is 59.3 Å². The number of rotatable bonds is 8. The van der Waals surface area contributed by atoms with Gasteiger partial charge in [0, 0.05) is 51.7 Å². The summed E-state index contributed by atoms with van der Waals surface area (Å²) in [6, 6.07) is -0.400. The first kappa shape index (κ1) is 47.6. The van der Waals surface area contributed by atoms with E-state index in [-0.39, 0.29) is 61.3 Å². The number of carbonyl (C=O) groups is 1. The van der Waals surface area contributed by atoms with Crippen LogP contribution >= 0.6 is 0 Å². The van der Waals surface area contributed by atoms with Gasteiger partial charge in [-0.15, -0.1) is 0 Å². The van der Waals surface area contributed by atoms with E-state index in [9.17, 15) is 20.2 Å². The molecule has 0 saturated carbocycles. The highest BCUT2D eigenvalue weighted by Crippen LogP contribution is 2.47. The molecule has 0 amide bonds. The molecule has 4 fully saturated rings. The van der Waals surface area contributed by atoms with Crippen LogP contribution in [0.4, 0.5) is 0 Å². The zero-order chi connectivity index (χ0) is 44.7. The van der Waals surface area contributed by atoms with E-state index in [1.807, 2.05) is 39.0 Å². The number of aliphatic hydroxyl groups excluding tert-OH is 1. The van der Waals surface area contributed by atoms with Gasteiger partial charge in [-0.1, -0.05) is 64.2 Å². The number of carbonyl (C=O) groups excluding carboxylic acids is 1. The fourth-order valence-corrected chi connectivity index (χ4v) is 10.6. The Morgan fingerprint density at radius 1 is 0.887 bits per heavy atom. The molecule has 15 heteroatoms. The number of fused-ring (bicyclic) bond motifs is 2. The minimum atomic E-state index is -1.84. The number of allylic oxidation sites excluding steroid dienone is 2. The van der Waals surface area contributed by atoms with E-state index in [2.05, 4.69) is 45.3 Å². The third-order valence-corrected chi connectivity index (χ3v) is 14.1. The third-order valence-electron chi connectivity index (χ3n) is 14.1. The van der Waals surface area contributed by atoms with Crippen LogP contribution in [0.15, 0.2) is 59.3 Å². The van der Waals surface area contributed by atoms with Gasteiger partial charge in [0.05, 0.1) is 55.4 Å². The average Bonchev–Trinajstić information content (AvgIpc) is 3.57. The van der Waals surface area contributed by atoms with Crippen LogP contribution in [-0.2, 0) is 52.2 Å². The van der Waals surface area contributed by atoms with Gasteiger partial charge in [0.15, 0.2) is 18.4 Å². The van der Waals surface area contributed by atoms with Crippen LogP contribution in [0.1, 0.15) is 87.5 Å². The Hall–Kier alpha value is -2.35. The van der Waals surface area contributed by atoms with E-state index in [4.69, 9.17) is 47.4 Å². The maximum absolute atomic E-state index is 14.3. The highest BCUT2D eigenvalue weighted by Gasteiger charge is 2.60. The smallest absolute Gasteiger partial charge is 0.316 e. The van der Waals surface area contributed by atoms with Crippen molar-refractivity contribution in [2.24, 2.45) is 23.7 Å². The molecule has 2 bridgehead atoms. The van der Waals surface area contributed by atoms with Crippen LogP contribution in [0.2, 0.25) is 0 Å². The predicted molar refractivity (Wildman–Crippen MR) is 225 cm³/mol. The summed E-state index contributed by atoms with van der Waals surface area (Å²) in [5.74, 6) is -2.63. The van der Waals surface area contributed by atoms with Gasteiger partial charge in [0.25, 0.3) is 0 Å². The maximum atomic E-state index is 14.3. The number of hydrogen-bond acceptors (Lipinski definition) is 15. The lowest BCUT2D eigenvalue weighted by Gasteiger charge is -2.48. The van der Waals surface area contributed by atoms with Crippen molar-refractivity contribution in [1.82, 2.24) is 5.48 Å². The second-order valence-electron chi connectivity index (χ2n) is 19.0. The lowest BCUT2D eigenvalue weighted by molar-refractivity contribution is -0.314. The number of nitrogens with one attached hydrogen (secondary N) is 1. The molecule has 7 rings (SSSR count). The summed E-state index contributed by atoms with van der Waals surface area (Å²) in [5, 5.41) is 33.4. The topological polar surface area (TPSA) is 182 Å². The molecule has 6 heterocycles. The first-order chi connectivity index (χ1) is 29.5. The van der Waals surface area contributed by atoms with E-state index in [1.54, 1.807) is 33.3 Å². The molecule has 1 spiro atoms. The Morgan fingerprint density at radius 3 is 2.31 bits per heavy atom. The van der Waals surface area contributed by atoms with Gasteiger partial charge in [0.1, 0.15) is 35.9 Å². The maximum Gasteiger partial charge on any atom is 0.316 e. The lowest BCUT2D eigenvalue weighted by Crippen LogP contribution is -2.58. The van der Waals surface area contributed by atoms with Crippen LogP contribution in [0, 0.1) is 23.7 Å². The second kappa shape index (κ2) is 19.6. The van der Waals surface area contributed by atoms with Gasteiger partial charge >= 0.3 is 5.97 Å². The molecule has 7 aliphatic rings. The summed E-state index contributed by atoms with van der Waals surface area (Å²) in [6.07, 6.45) is 8.51. The van der Waals surface area contributed by atoms with E-state index in [1.165, 1.54) is 0 Å². The first-order valence-corrected chi connectivity index (χ1v) is 22.6. The minimum absolute atomic E-state index is 0.0296. The summed E-state index contributed by atoms with van der Waals surface area (Å²) in [5.41, 5.74) is 2.43. The Bertz CT molecular complexity index is 1730. The minimum Gasteiger partial charge on any atom is -0.462 e. The molecule has 62 heavy (non-hydrogen) atoms. The molecule has 348 valence electrons. The van der Waals surface area contributed by atoms with Gasteiger partial charge in [-0.3, -0.25) is 4.79 Å². The van der Waals surface area contributed by atoms with Crippen molar-refractivity contribution in [1.29, 1.82) is 0 Å². The van der Waals surface area contributed by atoms with E-state index in [0.29, 0.717) is 36.8 Å². The van der Waals surface area contributed by atoms with Crippen LogP contribution in [-0.4, -0.2) is 139 Å². The molecule has 15 nitrogen and oxygen atoms in total.